The molecule has 0 aliphatic carbocycles. The van der Waals surface area contributed by atoms with E-state index in [4.69, 9.17) is 13.6 Å². The molecule has 5 nitrogen and oxygen atoms in total. The van der Waals surface area contributed by atoms with Crippen LogP contribution in [0.15, 0.2) is 30.3 Å². The molecule has 0 radical (unpaired) electrons. The molecule has 0 aliphatic heterocycles. The molecule has 0 unspecified atom stereocenters. The van der Waals surface area contributed by atoms with Gasteiger partial charge in [0.25, 0.3) is 0 Å². The molecule has 236 valence electrons. The van der Waals surface area contributed by atoms with Gasteiger partial charge in [-0.2, -0.15) is 0 Å². The van der Waals surface area contributed by atoms with E-state index in [9.17, 15) is 9.59 Å². The van der Waals surface area contributed by atoms with Gasteiger partial charge in [-0.3, -0.25) is 4.79 Å². The van der Waals surface area contributed by atoms with Crippen molar-refractivity contribution >= 4 is 28.7 Å². The first kappa shape index (κ1) is 37.9. The lowest BCUT2D eigenvalue weighted by Gasteiger charge is -2.46. The number of aldehydes is 1. The molecule has 0 N–H and O–H groups in total. The Morgan fingerprint density at radius 1 is 0.854 bits per heavy atom. The number of hydrogen-bond donors (Lipinski definition) is 0. The maximum Gasteiger partial charge on any atom is 0.192 e. The molecule has 0 fully saturated rings. The summed E-state index contributed by atoms with van der Waals surface area (Å²) in [5, 5.41) is -0.00248. The van der Waals surface area contributed by atoms with Crippen LogP contribution in [0.2, 0.25) is 36.3 Å². The quantitative estimate of drug-likeness (QED) is 0.100. The first-order valence-electron chi connectivity index (χ1n) is 15.5. The van der Waals surface area contributed by atoms with Crippen LogP contribution >= 0.6 is 0 Å². The predicted molar refractivity (Wildman–Crippen MR) is 177 cm³/mol. The second kappa shape index (κ2) is 15.0. The molecule has 0 amide bonds. The van der Waals surface area contributed by atoms with Gasteiger partial charge in [0.1, 0.15) is 12.1 Å². The summed E-state index contributed by atoms with van der Waals surface area (Å²) in [5.41, 5.74) is 0.342. The molecule has 0 saturated carbocycles. The second-order valence-electron chi connectivity index (χ2n) is 15.6. The lowest BCUT2D eigenvalue weighted by Crippen LogP contribution is -2.54. The first-order valence-corrected chi connectivity index (χ1v) is 21.4. The Bertz CT molecular complexity index is 944. The third kappa shape index (κ3) is 10.8. The van der Waals surface area contributed by atoms with Crippen LogP contribution < -0.4 is 0 Å². The van der Waals surface area contributed by atoms with Crippen molar-refractivity contribution in [1.29, 1.82) is 0 Å². The van der Waals surface area contributed by atoms with Crippen molar-refractivity contribution in [2.45, 2.75) is 144 Å². The summed E-state index contributed by atoms with van der Waals surface area (Å²) in [7, 11) is -4.37. The van der Waals surface area contributed by atoms with Crippen LogP contribution in [0, 0.1) is 17.3 Å². The predicted octanol–water partition coefficient (Wildman–Crippen LogP) is 9.22. The monoisotopic (exact) mass is 606 g/mol. The summed E-state index contributed by atoms with van der Waals surface area (Å²) in [6.07, 6.45) is 2.23. The number of hydrogen-bond acceptors (Lipinski definition) is 5. The number of Topliss-reactive ketones (excluding diaryl/α,β-unsaturated/α-hetero) is 1. The molecule has 0 bridgehead atoms. The standard InChI is InChI=1S/C34H62O5Si2/c1-26(19-18-24-37-25-28-20-16-15-17-21-28)30(39-41(13,14)33(6,7)8)27(2)31(36)34(9,10)29(22-23-35)38-40(11,12)32(3,4)5/h15-17,20-21,23,26-27,29-30H,18-19,22,24-25H2,1-14H3/t26-,27+,29-,30-/m0/s1. The van der Waals surface area contributed by atoms with Crippen molar-refractivity contribution in [3.63, 3.8) is 0 Å². The third-order valence-electron chi connectivity index (χ3n) is 9.76. The van der Waals surface area contributed by atoms with E-state index in [-0.39, 0.29) is 40.2 Å². The van der Waals surface area contributed by atoms with Gasteiger partial charge < -0.3 is 18.4 Å². The molecule has 7 heteroatoms. The highest BCUT2D eigenvalue weighted by atomic mass is 28.4. The fourth-order valence-electron chi connectivity index (χ4n) is 4.67. The number of carbonyl (C=O) groups is 2. The van der Waals surface area contributed by atoms with Gasteiger partial charge >= 0.3 is 0 Å². The van der Waals surface area contributed by atoms with Gasteiger partial charge in [0, 0.05) is 24.4 Å². The Balaban J connectivity index is 3.16. The zero-order valence-electron chi connectivity index (χ0n) is 28.9. The topological polar surface area (TPSA) is 61.8 Å². The largest absolute Gasteiger partial charge is 0.413 e. The van der Waals surface area contributed by atoms with Crippen molar-refractivity contribution in [2.24, 2.45) is 17.3 Å². The molecule has 1 aromatic carbocycles. The molecule has 1 rings (SSSR count). The van der Waals surface area contributed by atoms with Crippen LogP contribution in [0.4, 0.5) is 0 Å². The molecule has 0 aromatic heterocycles. The van der Waals surface area contributed by atoms with Gasteiger partial charge in [0.15, 0.2) is 16.6 Å². The van der Waals surface area contributed by atoms with E-state index in [1.54, 1.807) is 0 Å². The Labute approximate surface area is 254 Å². The summed E-state index contributed by atoms with van der Waals surface area (Å²) in [4.78, 5) is 26.1. The average molecular weight is 607 g/mol. The number of ketones is 1. The van der Waals surface area contributed by atoms with E-state index in [2.05, 4.69) is 86.8 Å². The SMILES string of the molecule is C[C@@H](CCCOCc1ccccc1)[C@H](O[Si](C)(C)C(C)(C)C)[C@@H](C)C(=O)C(C)(C)[C@H](CC=O)O[Si](C)(C)C(C)(C)C. The zero-order chi connectivity index (χ0) is 31.9. The Hall–Kier alpha value is -1.13. The van der Waals surface area contributed by atoms with E-state index in [1.807, 2.05) is 39.0 Å². The number of rotatable bonds is 17. The van der Waals surface area contributed by atoms with Crippen LogP contribution in [0.1, 0.15) is 94.1 Å². The fraction of sp³-hybridized carbons (Fsp3) is 0.765. The molecular weight excluding hydrogens is 545 g/mol. The molecule has 1 aromatic rings. The Kier molecular flexibility index (Phi) is 13.9. The summed E-state index contributed by atoms with van der Waals surface area (Å²) < 4.78 is 19.7. The van der Waals surface area contributed by atoms with E-state index in [0.717, 1.165) is 19.1 Å². The van der Waals surface area contributed by atoms with E-state index in [1.165, 1.54) is 5.56 Å². The van der Waals surface area contributed by atoms with Crippen LogP contribution in [0.25, 0.3) is 0 Å². The van der Waals surface area contributed by atoms with Crippen molar-refractivity contribution in [3.8, 4) is 0 Å². The maximum absolute atomic E-state index is 14.4. The van der Waals surface area contributed by atoms with Gasteiger partial charge in [-0.15, -0.1) is 0 Å². The summed E-state index contributed by atoms with van der Waals surface area (Å²) in [6, 6.07) is 10.2. The maximum atomic E-state index is 14.4. The number of benzene rings is 1. The summed E-state index contributed by atoms with van der Waals surface area (Å²) >= 11 is 0. The Morgan fingerprint density at radius 3 is 1.85 bits per heavy atom. The smallest absolute Gasteiger partial charge is 0.192 e. The van der Waals surface area contributed by atoms with E-state index in [0.29, 0.717) is 13.2 Å². The van der Waals surface area contributed by atoms with Gasteiger partial charge in [-0.05, 0) is 60.6 Å². The van der Waals surface area contributed by atoms with Gasteiger partial charge in [0.05, 0.1) is 18.8 Å². The normalized spacial score (nSPS) is 16.6. The highest BCUT2D eigenvalue weighted by molar-refractivity contribution is 6.74. The third-order valence-corrected chi connectivity index (χ3v) is 18.7. The molecular formula is C34H62O5Si2. The van der Waals surface area contributed by atoms with E-state index < -0.39 is 28.2 Å². The van der Waals surface area contributed by atoms with Crippen LogP contribution in [0.3, 0.4) is 0 Å². The fourth-order valence-corrected chi connectivity index (χ4v) is 7.59. The minimum absolute atomic E-state index is 0.0214. The zero-order valence-corrected chi connectivity index (χ0v) is 30.9. The molecule has 0 saturated heterocycles. The molecule has 0 spiro atoms. The van der Waals surface area contributed by atoms with Gasteiger partial charge in [-0.1, -0.05) is 99.6 Å². The van der Waals surface area contributed by atoms with Crippen LogP contribution in [-0.4, -0.2) is 47.5 Å². The highest BCUT2D eigenvalue weighted by Crippen LogP contribution is 2.43. The van der Waals surface area contributed by atoms with Crippen molar-refractivity contribution < 1.29 is 23.2 Å². The summed E-state index contributed by atoms with van der Waals surface area (Å²) in [6.45, 7) is 31.6. The molecule has 4 atom stereocenters. The first-order chi connectivity index (χ1) is 18.6. The van der Waals surface area contributed by atoms with Crippen molar-refractivity contribution in [1.82, 2.24) is 0 Å². The average Bonchev–Trinajstić information content (AvgIpc) is 2.85. The van der Waals surface area contributed by atoms with Crippen molar-refractivity contribution in [3.05, 3.63) is 35.9 Å². The summed E-state index contributed by atoms with van der Waals surface area (Å²) in [5.74, 6) is -0.0551. The molecule has 41 heavy (non-hydrogen) atoms. The van der Waals surface area contributed by atoms with Gasteiger partial charge in [0.2, 0.25) is 0 Å². The minimum Gasteiger partial charge on any atom is -0.413 e. The van der Waals surface area contributed by atoms with Crippen LogP contribution in [0.5, 0.6) is 0 Å². The molecule has 0 heterocycles. The van der Waals surface area contributed by atoms with Gasteiger partial charge in [-0.25, -0.2) is 0 Å². The Morgan fingerprint density at radius 2 is 1.37 bits per heavy atom. The highest BCUT2D eigenvalue weighted by Gasteiger charge is 2.49. The molecule has 0 aliphatic rings. The van der Waals surface area contributed by atoms with Crippen molar-refractivity contribution in [2.75, 3.05) is 6.61 Å². The lowest BCUT2D eigenvalue weighted by molar-refractivity contribution is -0.141. The van der Waals surface area contributed by atoms with Crippen LogP contribution in [-0.2, 0) is 29.8 Å². The lowest BCUT2D eigenvalue weighted by atomic mass is 9.73. The van der Waals surface area contributed by atoms with E-state index >= 15 is 0 Å². The number of ether oxygens (including phenoxy) is 1. The minimum atomic E-state index is -2.21. The number of carbonyl (C=O) groups excluding carboxylic acids is 2. The second-order valence-corrected chi connectivity index (χ2v) is 25.2.